The Bertz CT molecular complexity index is 864. The average molecular weight is 361 g/mol. The first-order chi connectivity index (χ1) is 13.3. The van der Waals surface area contributed by atoms with Gasteiger partial charge in [-0.3, -0.25) is 9.69 Å². The molecule has 4 unspecified atom stereocenters. The number of hydrogen-bond donors (Lipinski definition) is 0. The summed E-state index contributed by atoms with van der Waals surface area (Å²) < 4.78 is 0. The third-order valence-corrected chi connectivity index (χ3v) is 7.00. The molecule has 4 atom stereocenters. The second-order valence-corrected chi connectivity index (χ2v) is 8.25. The number of piperazine rings is 1. The summed E-state index contributed by atoms with van der Waals surface area (Å²) >= 11 is 0. The van der Waals surface area contributed by atoms with Crippen molar-refractivity contribution in [3.63, 3.8) is 0 Å². The lowest BCUT2D eigenvalue weighted by Gasteiger charge is -2.46. The summed E-state index contributed by atoms with van der Waals surface area (Å²) in [5, 5.41) is 2.61. The Morgan fingerprint density at radius 3 is 2.37 bits per heavy atom. The van der Waals surface area contributed by atoms with Gasteiger partial charge in [-0.15, -0.1) is 0 Å². The number of carbonyl (C=O) groups excluding carboxylic acids is 1. The summed E-state index contributed by atoms with van der Waals surface area (Å²) in [4.78, 5) is 17.4. The Balaban J connectivity index is 1.35. The first-order valence-corrected chi connectivity index (χ1v) is 10.5. The van der Waals surface area contributed by atoms with Gasteiger partial charge in [-0.2, -0.15) is 0 Å². The molecule has 3 aliphatic rings. The molecule has 5 rings (SSSR count). The Hall–Kier alpha value is -2.13. The number of nitrogens with zero attached hydrogens (tertiary/aromatic N) is 2. The fourth-order valence-corrected chi connectivity index (χ4v) is 5.89. The summed E-state index contributed by atoms with van der Waals surface area (Å²) in [6.07, 6.45) is 10.2. The van der Waals surface area contributed by atoms with E-state index in [1.807, 2.05) is 6.92 Å². The zero-order chi connectivity index (χ0) is 18.4. The van der Waals surface area contributed by atoms with E-state index < -0.39 is 0 Å². The highest BCUT2D eigenvalue weighted by Crippen LogP contribution is 2.45. The highest BCUT2D eigenvalue weighted by Gasteiger charge is 2.55. The average Bonchev–Trinajstić information content (AvgIpc) is 3.22. The monoisotopic (exact) mass is 360 g/mol. The zero-order valence-corrected chi connectivity index (χ0v) is 16.1. The minimum atomic E-state index is 0.366. The molecule has 0 spiro atoms. The molecule has 2 aromatic carbocycles. The zero-order valence-electron chi connectivity index (χ0n) is 16.1. The fraction of sp³-hybridized carbons (Fsp3) is 0.458. The van der Waals surface area contributed by atoms with Gasteiger partial charge < -0.3 is 4.90 Å². The normalized spacial score (nSPS) is 29.9. The Kier molecular flexibility index (Phi) is 4.28. The molecule has 27 heavy (non-hydrogen) atoms. The molecular formula is C24H28N2O. The molecule has 2 aromatic rings. The van der Waals surface area contributed by atoms with Crippen molar-refractivity contribution >= 4 is 22.8 Å². The maximum atomic E-state index is 12.5. The van der Waals surface area contributed by atoms with Crippen molar-refractivity contribution in [1.82, 2.24) is 9.80 Å². The molecule has 0 radical (unpaired) electrons. The minimum absolute atomic E-state index is 0.366. The lowest BCUT2D eigenvalue weighted by molar-refractivity contribution is -0.139. The predicted octanol–water partition coefficient (Wildman–Crippen LogP) is 4.47. The van der Waals surface area contributed by atoms with Crippen LogP contribution < -0.4 is 0 Å². The van der Waals surface area contributed by atoms with E-state index in [4.69, 9.17) is 0 Å². The molecule has 1 amide bonds. The second kappa shape index (κ2) is 6.79. The number of amides is 1. The number of benzene rings is 2. The maximum Gasteiger partial charge on any atom is 0.222 e. The summed E-state index contributed by atoms with van der Waals surface area (Å²) in [6, 6.07) is 17.1. The van der Waals surface area contributed by atoms with Crippen LogP contribution in [0.3, 0.4) is 0 Å². The minimum Gasteiger partial charge on any atom is -0.334 e. The quantitative estimate of drug-likeness (QED) is 0.803. The molecule has 3 aliphatic heterocycles. The van der Waals surface area contributed by atoms with Gasteiger partial charge in [0.2, 0.25) is 5.91 Å². The van der Waals surface area contributed by atoms with Crippen LogP contribution in [0.4, 0.5) is 0 Å². The largest absolute Gasteiger partial charge is 0.334 e. The van der Waals surface area contributed by atoms with Gasteiger partial charge >= 0.3 is 0 Å². The van der Waals surface area contributed by atoms with Crippen molar-refractivity contribution in [3.05, 3.63) is 54.1 Å². The van der Waals surface area contributed by atoms with Crippen molar-refractivity contribution < 1.29 is 4.79 Å². The molecule has 0 aromatic heterocycles. The first kappa shape index (κ1) is 17.0. The molecule has 4 bridgehead atoms. The summed E-state index contributed by atoms with van der Waals surface area (Å²) in [5.74, 6) is 0.366. The van der Waals surface area contributed by atoms with Gasteiger partial charge in [0.05, 0.1) is 0 Å². The Labute approximate surface area is 161 Å². The van der Waals surface area contributed by atoms with E-state index in [0.717, 1.165) is 6.54 Å². The van der Waals surface area contributed by atoms with Crippen LogP contribution in [-0.2, 0) is 4.79 Å². The van der Waals surface area contributed by atoms with Gasteiger partial charge in [0, 0.05) is 37.1 Å². The van der Waals surface area contributed by atoms with Crippen LogP contribution in [0, 0.1) is 0 Å². The van der Waals surface area contributed by atoms with Crippen molar-refractivity contribution in [2.75, 3.05) is 6.54 Å². The van der Waals surface area contributed by atoms with Gasteiger partial charge in [0.15, 0.2) is 0 Å². The van der Waals surface area contributed by atoms with Crippen molar-refractivity contribution in [2.45, 2.75) is 63.2 Å². The third-order valence-electron chi connectivity index (χ3n) is 7.00. The van der Waals surface area contributed by atoms with Gasteiger partial charge in [-0.05, 0) is 42.0 Å². The van der Waals surface area contributed by atoms with E-state index in [2.05, 4.69) is 64.4 Å². The van der Waals surface area contributed by atoms with Crippen molar-refractivity contribution in [1.29, 1.82) is 0 Å². The topological polar surface area (TPSA) is 23.6 Å². The Morgan fingerprint density at radius 2 is 1.63 bits per heavy atom. The molecule has 140 valence electrons. The van der Waals surface area contributed by atoms with Crippen LogP contribution >= 0.6 is 0 Å². The van der Waals surface area contributed by atoms with Gasteiger partial charge in [0.1, 0.15) is 0 Å². The summed E-state index contributed by atoms with van der Waals surface area (Å²) in [5.41, 5.74) is 1.29. The molecular weight excluding hydrogens is 332 g/mol. The highest BCUT2D eigenvalue weighted by molar-refractivity contribution is 5.90. The fourth-order valence-electron chi connectivity index (χ4n) is 5.89. The second-order valence-electron chi connectivity index (χ2n) is 8.25. The maximum absolute atomic E-state index is 12.5. The molecule has 3 heterocycles. The van der Waals surface area contributed by atoms with Gasteiger partial charge in [0.25, 0.3) is 0 Å². The van der Waals surface area contributed by atoms with Crippen molar-refractivity contribution in [2.24, 2.45) is 0 Å². The van der Waals surface area contributed by atoms with Crippen molar-refractivity contribution in [3.8, 4) is 0 Å². The first-order valence-electron chi connectivity index (χ1n) is 10.5. The molecule has 3 nitrogen and oxygen atoms in total. The molecule has 3 fully saturated rings. The van der Waals surface area contributed by atoms with Crippen LogP contribution in [0.1, 0.15) is 44.6 Å². The molecule has 3 heteroatoms. The van der Waals surface area contributed by atoms with Gasteiger partial charge in [-0.1, -0.05) is 61.5 Å². The van der Waals surface area contributed by atoms with Crippen LogP contribution in [0.5, 0.6) is 0 Å². The molecule has 0 N–H and O–H groups in total. The highest BCUT2D eigenvalue weighted by atomic mass is 16.2. The summed E-state index contributed by atoms with van der Waals surface area (Å²) in [7, 11) is 0. The van der Waals surface area contributed by atoms with Crippen LogP contribution in [0.2, 0.25) is 0 Å². The van der Waals surface area contributed by atoms with Crippen LogP contribution in [-0.4, -0.2) is 46.4 Å². The number of rotatable bonds is 4. The SMILES string of the molecule is CCC(=O)N1C2CCC1C1CCC2N1C/C=C/c1cccc2ccccc12. The number of hydrogen-bond acceptors (Lipinski definition) is 2. The molecule has 3 saturated heterocycles. The lowest BCUT2D eigenvalue weighted by atomic mass is 10.0. The van der Waals surface area contributed by atoms with E-state index in [1.54, 1.807) is 0 Å². The molecule has 0 aliphatic carbocycles. The van der Waals surface area contributed by atoms with E-state index in [1.165, 1.54) is 42.0 Å². The standard InChI is InChI=1S/C24H28N2O/c1-2-24(27)26-22-14-15-23(26)21-13-12-20(22)25(21)16-6-10-18-9-5-8-17-7-3-4-11-19(17)18/h3-11,20-23H,2,12-16H2,1H3/b10-6+. The van der Waals surface area contributed by atoms with E-state index >= 15 is 0 Å². The Morgan fingerprint density at radius 1 is 0.963 bits per heavy atom. The summed E-state index contributed by atoms with van der Waals surface area (Å²) in [6.45, 7) is 3.00. The lowest BCUT2D eigenvalue weighted by Crippen LogP contribution is -2.61. The van der Waals surface area contributed by atoms with Gasteiger partial charge in [-0.25, -0.2) is 0 Å². The number of carbonyl (C=O) groups is 1. The molecule has 0 saturated carbocycles. The number of fused-ring (bicyclic) bond motifs is 7. The van der Waals surface area contributed by atoms with Crippen LogP contribution in [0.15, 0.2) is 48.5 Å². The third kappa shape index (κ3) is 2.71. The van der Waals surface area contributed by atoms with E-state index in [0.29, 0.717) is 36.5 Å². The van der Waals surface area contributed by atoms with E-state index in [9.17, 15) is 4.79 Å². The smallest absolute Gasteiger partial charge is 0.222 e. The predicted molar refractivity (Wildman–Crippen MR) is 110 cm³/mol. The van der Waals surface area contributed by atoms with Crippen LogP contribution in [0.25, 0.3) is 16.8 Å². The van der Waals surface area contributed by atoms with E-state index in [-0.39, 0.29) is 0 Å².